The molecular formula is C19H10BrF2N3O4. The molecule has 0 aliphatic carbocycles. The summed E-state index contributed by atoms with van der Waals surface area (Å²) in [6.45, 7) is 0. The van der Waals surface area contributed by atoms with Crippen LogP contribution < -0.4 is 0 Å². The molecule has 0 unspecified atom stereocenters. The standard InChI is InChI=1S/C13H7FN2O2.C6H3BrFNO2/c14-13-11(5-2-6-12(13)16(17)18)10-4-1-3-9(7-10)8-15;7-4-2-1-3-5(6(4)8)9(10)11/h1-7H;1-3H. The van der Waals surface area contributed by atoms with Gasteiger partial charge in [-0.25, -0.2) is 0 Å². The third-order valence-corrected chi connectivity index (χ3v) is 4.22. The summed E-state index contributed by atoms with van der Waals surface area (Å²) in [5.74, 6) is -1.73. The molecule has 0 aliphatic rings. The quantitative estimate of drug-likeness (QED) is 0.363. The normalized spacial score (nSPS) is 9.72. The molecule has 0 fully saturated rings. The molecule has 0 atom stereocenters. The van der Waals surface area contributed by atoms with Crippen LogP contribution in [0.15, 0.2) is 65.1 Å². The molecule has 0 spiro atoms. The highest BCUT2D eigenvalue weighted by molar-refractivity contribution is 9.10. The second kappa shape index (κ2) is 9.48. The summed E-state index contributed by atoms with van der Waals surface area (Å²) < 4.78 is 26.8. The zero-order chi connectivity index (χ0) is 21.6. The van der Waals surface area contributed by atoms with Crippen molar-refractivity contribution in [3.63, 3.8) is 0 Å². The third-order valence-electron chi connectivity index (χ3n) is 3.61. The molecule has 3 aromatic rings. The molecule has 3 rings (SSSR count). The molecule has 0 N–H and O–H groups in total. The van der Waals surface area contributed by atoms with Crippen LogP contribution in [-0.2, 0) is 0 Å². The van der Waals surface area contributed by atoms with E-state index >= 15 is 0 Å². The summed E-state index contributed by atoms with van der Waals surface area (Å²) in [6, 6.07) is 16.1. The van der Waals surface area contributed by atoms with Crippen LogP contribution in [0.5, 0.6) is 0 Å². The van der Waals surface area contributed by atoms with Crippen LogP contribution in [0.3, 0.4) is 0 Å². The fourth-order valence-corrected chi connectivity index (χ4v) is 2.63. The number of nitriles is 1. The van der Waals surface area contributed by atoms with Crippen LogP contribution in [0.25, 0.3) is 11.1 Å². The lowest BCUT2D eigenvalue weighted by Gasteiger charge is -2.04. The van der Waals surface area contributed by atoms with Crippen molar-refractivity contribution in [1.29, 1.82) is 5.26 Å². The minimum atomic E-state index is -0.891. The van der Waals surface area contributed by atoms with Crippen molar-refractivity contribution in [3.8, 4) is 17.2 Å². The Morgan fingerprint density at radius 1 is 0.862 bits per heavy atom. The molecular weight excluding hydrogens is 452 g/mol. The van der Waals surface area contributed by atoms with Gasteiger partial charge in [-0.2, -0.15) is 14.0 Å². The van der Waals surface area contributed by atoms with Crippen molar-refractivity contribution in [1.82, 2.24) is 0 Å². The number of nitro benzene ring substituents is 2. The van der Waals surface area contributed by atoms with Crippen molar-refractivity contribution in [2.24, 2.45) is 0 Å². The lowest BCUT2D eigenvalue weighted by atomic mass is 10.0. The van der Waals surface area contributed by atoms with Gasteiger partial charge in [-0.05, 0) is 39.7 Å². The first kappa shape index (κ1) is 21.6. The Morgan fingerprint density at radius 3 is 1.97 bits per heavy atom. The Balaban J connectivity index is 0.000000234. The maximum absolute atomic E-state index is 13.9. The average Bonchev–Trinajstić information content (AvgIpc) is 2.70. The maximum Gasteiger partial charge on any atom is 0.305 e. The van der Waals surface area contributed by atoms with E-state index in [-0.39, 0.29) is 10.0 Å². The van der Waals surface area contributed by atoms with E-state index in [0.29, 0.717) is 11.1 Å². The van der Waals surface area contributed by atoms with Gasteiger partial charge < -0.3 is 0 Å². The number of nitrogens with zero attached hydrogens (tertiary/aromatic N) is 3. The predicted octanol–water partition coefficient (Wildman–Crippen LogP) is 5.77. The average molecular weight is 462 g/mol. The first-order valence-corrected chi connectivity index (χ1v) is 8.57. The van der Waals surface area contributed by atoms with E-state index in [1.165, 1.54) is 30.3 Å². The molecule has 3 aromatic carbocycles. The third kappa shape index (κ3) is 5.18. The number of halogens is 3. The molecule has 0 heterocycles. The predicted molar refractivity (Wildman–Crippen MR) is 104 cm³/mol. The molecule has 10 heteroatoms. The topological polar surface area (TPSA) is 110 Å². The van der Waals surface area contributed by atoms with Crippen LogP contribution in [0.4, 0.5) is 20.2 Å². The van der Waals surface area contributed by atoms with E-state index in [1.807, 2.05) is 6.07 Å². The van der Waals surface area contributed by atoms with E-state index in [0.717, 1.165) is 12.1 Å². The second-order valence-electron chi connectivity index (χ2n) is 5.42. The van der Waals surface area contributed by atoms with Gasteiger partial charge in [0.25, 0.3) is 0 Å². The lowest BCUT2D eigenvalue weighted by Crippen LogP contribution is -1.94. The fraction of sp³-hybridized carbons (Fsp3) is 0. The van der Waals surface area contributed by atoms with Crippen LogP contribution in [0, 0.1) is 43.2 Å². The van der Waals surface area contributed by atoms with Gasteiger partial charge in [0, 0.05) is 17.7 Å². The number of hydrogen-bond donors (Lipinski definition) is 0. The minimum absolute atomic E-state index is 0.103. The first-order chi connectivity index (χ1) is 13.8. The van der Waals surface area contributed by atoms with Crippen molar-refractivity contribution in [2.45, 2.75) is 0 Å². The molecule has 0 saturated carbocycles. The molecule has 0 aliphatic heterocycles. The summed E-state index contributed by atoms with van der Waals surface area (Å²) in [6.07, 6.45) is 0. The Bertz CT molecular complexity index is 1130. The van der Waals surface area contributed by atoms with Gasteiger partial charge in [0.05, 0.1) is 26.0 Å². The fourth-order valence-electron chi connectivity index (χ4n) is 2.27. The summed E-state index contributed by atoms with van der Waals surface area (Å²) >= 11 is 2.83. The van der Waals surface area contributed by atoms with E-state index < -0.39 is 32.9 Å². The van der Waals surface area contributed by atoms with Gasteiger partial charge >= 0.3 is 11.4 Å². The van der Waals surface area contributed by atoms with Gasteiger partial charge in [0.1, 0.15) is 0 Å². The van der Waals surface area contributed by atoms with E-state index in [1.54, 1.807) is 18.2 Å². The number of rotatable bonds is 3. The smallest absolute Gasteiger partial charge is 0.258 e. The molecule has 29 heavy (non-hydrogen) atoms. The Hall–Kier alpha value is -3.71. The summed E-state index contributed by atoms with van der Waals surface area (Å²) in [7, 11) is 0. The Morgan fingerprint density at radius 2 is 1.41 bits per heavy atom. The number of benzene rings is 3. The van der Waals surface area contributed by atoms with Gasteiger partial charge in [0.2, 0.25) is 11.6 Å². The molecule has 0 saturated heterocycles. The van der Waals surface area contributed by atoms with Gasteiger partial charge in [-0.1, -0.05) is 30.3 Å². The van der Waals surface area contributed by atoms with E-state index in [2.05, 4.69) is 15.9 Å². The number of hydrogen-bond acceptors (Lipinski definition) is 5. The van der Waals surface area contributed by atoms with Crippen LogP contribution >= 0.6 is 15.9 Å². The Kier molecular flexibility index (Phi) is 7.05. The Labute approximate surface area is 171 Å². The van der Waals surface area contributed by atoms with Crippen molar-refractivity contribution < 1.29 is 18.6 Å². The molecule has 0 radical (unpaired) electrons. The zero-order valence-corrected chi connectivity index (χ0v) is 16.0. The maximum atomic E-state index is 13.9. The van der Waals surface area contributed by atoms with Gasteiger partial charge in [-0.15, -0.1) is 0 Å². The SMILES string of the molecule is N#Cc1cccc(-c2cccc([N+](=O)[O-])c2F)c1.O=[N+]([O-])c1cccc(Br)c1F. The zero-order valence-electron chi connectivity index (χ0n) is 14.4. The highest BCUT2D eigenvalue weighted by Gasteiger charge is 2.18. The van der Waals surface area contributed by atoms with Crippen LogP contribution in [-0.4, -0.2) is 9.85 Å². The van der Waals surface area contributed by atoms with Crippen LogP contribution in [0.2, 0.25) is 0 Å². The highest BCUT2D eigenvalue weighted by atomic mass is 79.9. The minimum Gasteiger partial charge on any atom is -0.258 e. The molecule has 0 aromatic heterocycles. The molecule has 0 bridgehead atoms. The molecule has 0 amide bonds. The summed E-state index contributed by atoms with van der Waals surface area (Å²) in [5.41, 5.74) is -0.163. The van der Waals surface area contributed by atoms with Crippen molar-refractivity contribution in [2.75, 3.05) is 0 Å². The molecule has 7 nitrogen and oxygen atoms in total. The summed E-state index contributed by atoms with van der Waals surface area (Å²) in [4.78, 5) is 19.2. The monoisotopic (exact) mass is 461 g/mol. The second-order valence-corrected chi connectivity index (χ2v) is 6.27. The first-order valence-electron chi connectivity index (χ1n) is 7.78. The van der Waals surface area contributed by atoms with Crippen molar-refractivity contribution >= 4 is 27.3 Å². The molecule has 146 valence electrons. The van der Waals surface area contributed by atoms with E-state index in [9.17, 15) is 29.0 Å². The highest BCUT2D eigenvalue weighted by Crippen LogP contribution is 2.29. The van der Waals surface area contributed by atoms with Crippen molar-refractivity contribution in [3.05, 3.63) is 103 Å². The van der Waals surface area contributed by atoms with Gasteiger partial charge in [0.15, 0.2) is 0 Å². The van der Waals surface area contributed by atoms with Crippen LogP contribution in [0.1, 0.15) is 5.56 Å². The lowest BCUT2D eigenvalue weighted by molar-refractivity contribution is -0.387. The largest absolute Gasteiger partial charge is 0.305 e. The number of nitro groups is 2. The summed E-state index contributed by atoms with van der Waals surface area (Å²) in [5, 5.41) is 29.5. The van der Waals surface area contributed by atoms with E-state index in [4.69, 9.17) is 5.26 Å². The van der Waals surface area contributed by atoms with Gasteiger partial charge in [-0.3, -0.25) is 20.2 Å².